The molecular weight excluding hydrogens is 338 g/mol. The summed E-state index contributed by atoms with van der Waals surface area (Å²) in [6.07, 6.45) is 2.11. The van der Waals surface area contributed by atoms with E-state index in [4.69, 9.17) is 4.74 Å². The summed E-state index contributed by atoms with van der Waals surface area (Å²) in [5.41, 5.74) is 1.15. The molecule has 1 unspecified atom stereocenters. The van der Waals surface area contributed by atoms with Crippen LogP contribution >= 0.6 is 15.9 Å². The molecule has 1 aliphatic heterocycles. The Morgan fingerprint density at radius 1 is 1.48 bits per heavy atom. The number of nitrogens with one attached hydrogen (secondary N) is 1. The number of hydrogen-bond donors (Lipinski definition) is 1. The van der Waals surface area contributed by atoms with Gasteiger partial charge in [0.2, 0.25) is 0 Å². The first-order valence-corrected chi connectivity index (χ1v) is 7.21. The van der Waals surface area contributed by atoms with Crippen molar-refractivity contribution in [2.24, 2.45) is 0 Å². The molecule has 7 heteroatoms. The molecule has 0 aliphatic carbocycles. The molecule has 21 heavy (non-hydrogen) atoms. The van der Waals surface area contributed by atoms with E-state index in [1.165, 1.54) is 17.8 Å². The number of hydrogen-bond acceptors (Lipinski definition) is 5. The average Bonchev–Trinajstić information content (AvgIpc) is 2.88. The summed E-state index contributed by atoms with van der Waals surface area (Å²) < 4.78 is 6.38. The Balaban J connectivity index is 1.63. The van der Waals surface area contributed by atoms with E-state index in [2.05, 4.69) is 32.3 Å². The molecule has 0 spiro atoms. The third kappa shape index (κ3) is 2.97. The van der Waals surface area contributed by atoms with Crippen LogP contribution in [0.3, 0.4) is 0 Å². The Hall–Kier alpha value is -2.15. The van der Waals surface area contributed by atoms with Gasteiger partial charge in [0.1, 0.15) is 23.9 Å². The monoisotopic (exact) mass is 349 g/mol. The largest absolute Gasteiger partial charge is 0.488 e. The van der Waals surface area contributed by atoms with E-state index in [0.717, 1.165) is 12.2 Å². The van der Waals surface area contributed by atoms with Crippen LogP contribution in [0.4, 0.5) is 11.5 Å². The zero-order valence-electron chi connectivity index (χ0n) is 11.0. The van der Waals surface area contributed by atoms with Crippen molar-refractivity contribution in [2.45, 2.75) is 12.5 Å². The number of anilines is 1. The molecule has 0 amide bonds. The number of nitrogens with zero attached hydrogens (tertiary/aromatic N) is 2. The zero-order chi connectivity index (χ0) is 14.8. The SMILES string of the molecule is O=[N+]([O-])c1cnc(NCC2Cc3ccccc3O2)c(Br)c1. The smallest absolute Gasteiger partial charge is 0.288 e. The van der Waals surface area contributed by atoms with E-state index in [-0.39, 0.29) is 11.8 Å². The molecule has 3 rings (SSSR count). The molecule has 1 atom stereocenters. The first-order chi connectivity index (χ1) is 10.1. The molecule has 1 aromatic carbocycles. The van der Waals surface area contributed by atoms with E-state index in [1.807, 2.05) is 18.2 Å². The van der Waals surface area contributed by atoms with Crippen LogP contribution in [0.25, 0.3) is 0 Å². The molecule has 0 saturated heterocycles. The lowest BCUT2D eigenvalue weighted by atomic mass is 10.1. The van der Waals surface area contributed by atoms with Gasteiger partial charge in [-0.25, -0.2) is 4.98 Å². The van der Waals surface area contributed by atoms with E-state index in [9.17, 15) is 10.1 Å². The highest BCUT2D eigenvalue weighted by Gasteiger charge is 2.22. The van der Waals surface area contributed by atoms with Crippen molar-refractivity contribution >= 4 is 27.4 Å². The third-order valence-electron chi connectivity index (χ3n) is 3.25. The summed E-state index contributed by atoms with van der Waals surface area (Å²) in [6, 6.07) is 9.37. The summed E-state index contributed by atoms with van der Waals surface area (Å²) in [4.78, 5) is 14.2. The number of para-hydroxylation sites is 1. The minimum absolute atomic E-state index is 0.0336. The topological polar surface area (TPSA) is 77.3 Å². The van der Waals surface area contributed by atoms with Gasteiger partial charge in [-0.05, 0) is 27.6 Å². The molecular formula is C14H12BrN3O3. The van der Waals surface area contributed by atoms with Crippen LogP contribution in [0.1, 0.15) is 5.56 Å². The maximum Gasteiger partial charge on any atom is 0.288 e. The third-order valence-corrected chi connectivity index (χ3v) is 3.85. The fraction of sp³-hybridized carbons (Fsp3) is 0.214. The normalized spacial score (nSPS) is 16.1. The van der Waals surface area contributed by atoms with Crippen molar-refractivity contribution in [2.75, 3.05) is 11.9 Å². The fourth-order valence-electron chi connectivity index (χ4n) is 2.24. The van der Waals surface area contributed by atoms with Gasteiger partial charge in [0.15, 0.2) is 0 Å². The highest BCUT2D eigenvalue weighted by molar-refractivity contribution is 9.10. The highest BCUT2D eigenvalue weighted by atomic mass is 79.9. The number of benzene rings is 1. The van der Waals surface area contributed by atoms with Gasteiger partial charge >= 0.3 is 0 Å². The lowest BCUT2D eigenvalue weighted by molar-refractivity contribution is -0.385. The van der Waals surface area contributed by atoms with Crippen molar-refractivity contribution in [3.05, 3.63) is 56.7 Å². The number of nitro groups is 1. The van der Waals surface area contributed by atoms with Crippen LogP contribution in [-0.2, 0) is 6.42 Å². The van der Waals surface area contributed by atoms with Crippen molar-refractivity contribution in [1.82, 2.24) is 4.98 Å². The summed E-state index contributed by atoms with van der Waals surface area (Å²) in [7, 11) is 0. The number of pyridine rings is 1. The summed E-state index contributed by atoms with van der Waals surface area (Å²) in [5, 5.41) is 13.8. The second-order valence-corrected chi connectivity index (χ2v) is 5.57. The van der Waals surface area contributed by atoms with Crippen LogP contribution < -0.4 is 10.1 Å². The molecule has 0 radical (unpaired) electrons. The Bertz CT molecular complexity index is 668. The summed E-state index contributed by atoms with van der Waals surface area (Å²) in [5.74, 6) is 1.49. The molecule has 108 valence electrons. The zero-order valence-corrected chi connectivity index (χ0v) is 12.5. The number of aromatic nitrogens is 1. The molecule has 1 aliphatic rings. The maximum atomic E-state index is 10.7. The Labute approximate surface area is 129 Å². The van der Waals surface area contributed by atoms with Gasteiger partial charge < -0.3 is 10.1 Å². The molecule has 0 bridgehead atoms. The summed E-state index contributed by atoms with van der Waals surface area (Å²) >= 11 is 3.28. The van der Waals surface area contributed by atoms with Crippen molar-refractivity contribution < 1.29 is 9.66 Å². The van der Waals surface area contributed by atoms with Gasteiger partial charge in [-0.3, -0.25) is 10.1 Å². The molecule has 1 aromatic heterocycles. The first kappa shape index (κ1) is 13.8. The van der Waals surface area contributed by atoms with Crippen molar-refractivity contribution in [1.29, 1.82) is 0 Å². The van der Waals surface area contributed by atoms with E-state index in [0.29, 0.717) is 16.8 Å². The van der Waals surface area contributed by atoms with Gasteiger partial charge in [-0.15, -0.1) is 0 Å². The second-order valence-electron chi connectivity index (χ2n) is 4.71. The molecule has 2 heterocycles. The number of halogens is 1. The van der Waals surface area contributed by atoms with E-state index in [1.54, 1.807) is 0 Å². The van der Waals surface area contributed by atoms with Gasteiger partial charge in [0.05, 0.1) is 15.9 Å². The molecule has 0 saturated carbocycles. The predicted octanol–water partition coefficient (Wildman–Crippen LogP) is 3.17. The fourth-order valence-corrected chi connectivity index (χ4v) is 2.71. The van der Waals surface area contributed by atoms with E-state index < -0.39 is 4.92 Å². The Morgan fingerprint density at radius 3 is 3.00 bits per heavy atom. The number of fused-ring (bicyclic) bond motifs is 1. The minimum Gasteiger partial charge on any atom is -0.488 e. The highest BCUT2D eigenvalue weighted by Crippen LogP contribution is 2.29. The van der Waals surface area contributed by atoms with Gasteiger partial charge in [0, 0.05) is 12.5 Å². The predicted molar refractivity (Wildman–Crippen MR) is 81.6 cm³/mol. The van der Waals surface area contributed by atoms with Gasteiger partial charge in [0.25, 0.3) is 5.69 Å². The lowest BCUT2D eigenvalue weighted by Crippen LogP contribution is -2.24. The molecule has 1 N–H and O–H groups in total. The van der Waals surface area contributed by atoms with Crippen LogP contribution in [0.2, 0.25) is 0 Å². The lowest BCUT2D eigenvalue weighted by Gasteiger charge is -2.13. The van der Waals surface area contributed by atoms with Gasteiger partial charge in [-0.2, -0.15) is 0 Å². The van der Waals surface area contributed by atoms with Crippen LogP contribution in [0.5, 0.6) is 5.75 Å². The maximum absolute atomic E-state index is 10.7. The van der Waals surface area contributed by atoms with Crippen LogP contribution in [0.15, 0.2) is 41.0 Å². The van der Waals surface area contributed by atoms with Gasteiger partial charge in [-0.1, -0.05) is 18.2 Å². The quantitative estimate of drug-likeness (QED) is 0.677. The first-order valence-electron chi connectivity index (χ1n) is 6.42. The Kier molecular flexibility index (Phi) is 3.74. The Morgan fingerprint density at radius 2 is 2.29 bits per heavy atom. The molecule has 6 nitrogen and oxygen atoms in total. The van der Waals surface area contributed by atoms with Crippen LogP contribution in [0, 0.1) is 10.1 Å². The molecule has 2 aromatic rings. The standard InChI is InChI=1S/C14H12BrN3O3/c15-12-6-10(18(19)20)7-16-14(12)17-8-11-5-9-3-1-2-4-13(9)21-11/h1-4,6-7,11H,5,8H2,(H,16,17). The average molecular weight is 350 g/mol. The number of rotatable bonds is 4. The van der Waals surface area contributed by atoms with E-state index >= 15 is 0 Å². The van der Waals surface area contributed by atoms with Crippen molar-refractivity contribution in [3.8, 4) is 5.75 Å². The van der Waals surface area contributed by atoms with Crippen LogP contribution in [-0.4, -0.2) is 22.6 Å². The summed E-state index contributed by atoms with van der Waals surface area (Å²) in [6.45, 7) is 0.581. The second kappa shape index (κ2) is 5.69. The number of ether oxygens (including phenoxy) is 1. The molecule has 0 fully saturated rings. The minimum atomic E-state index is -0.474. The van der Waals surface area contributed by atoms with Crippen molar-refractivity contribution in [3.63, 3.8) is 0 Å².